The third kappa shape index (κ3) is 19.2. The van der Waals surface area contributed by atoms with E-state index in [9.17, 15) is 38.7 Å². The molecule has 0 spiro atoms. The number of benzene rings is 2. The zero-order chi connectivity index (χ0) is 63.6. The number of nitrogens with zero attached hydrogens (tertiary/aromatic N) is 2. The Kier molecular flexibility index (Phi) is 26.5. The first-order chi connectivity index (χ1) is 40.7. The van der Waals surface area contributed by atoms with Gasteiger partial charge < -0.3 is 70.9 Å². The second kappa shape index (κ2) is 32.4. The topological polar surface area (TPSA) is 294 Å². The molecular formula is C62H93ClFN9O13. The number of urea groups is 1. The van der Waals surface area contributed by atoms with E-state index >= 15 is 4.39 Å². The number of esters is 1. The van der Waals surface area contributed by atoms with Crippen molar-refractivity contribution in [3.05, 3.63) is 76.1 Å². The van der Waals surface area contributed by atoms with Gasteiger partial charge in [-0.05, 0) is 114 Å². The molecular weight excluding hydrogens is 1130 g/mol. The first-order valence-electron chi connectivity index (χ1n) is 30.0. The predicted molar refractivity (Wildman–Crippen MR) is 326 cm³/mol. The number of unbranched alkanes of at least 4 members (excludes halogenated alkanes) is 2. The van der Waals surface area contributed by atoms with Crippen LogP contribution in [0.3, 0.4) is 0 Å². The van der Waals surface area contributed by atoms with Crippen LogP contribution in [0.25, 0.3) is 0 Å². The van der Waals surface area contributed by atoms with Gasteiger partial charge in [-0.25, -0.2) is 18.8 Å². The van der Waals surface area contributed by atoms with Gasteiger partial charge in [0, 0.05) is 71.2 Å². The number of nitrogens with one attached hydrogen (secondary N) is 6. The molecule has 22 nitrogen and oxygen atoms in total. The maximum absolute atomic E-state index is 16.2. The van der Waals surface area contributed by atoms with Crippen molar-refractivity contribution >= 4 is 64.7 Å². The number of carbonyl (C=O) groups is 7. The molecule has 2 aromatic carbocycles. The first-order valence-corrected chi connectivity index (χ1v) is 30.4. The molecule has 0 aromatic heterocycles. The molecule has 478 valence electrons. The molecule has 11 atom stereocenters. The number of halogens is 2. The minimum absolute atomic E-state index is 0.0165. The molecule has 2 fully saturated rings. The van der Waals surface area contributed by atoms with Crippen LogP contribution < -0.4 is 47.3 Å². The Balaban J connectivity index is 1.30. The van der Waals surface area contributed by atoms with Crippen molar-refractivity contribution in [3.63, 3.8) is 0 Å². The van der Waals surface area contributed by atoms with E-state index in [0.717, 1.165) is 66.8 Å². The molecule has 4 bridgehead atoms. The summed E-state index contributed by atoms with van der Waals surface area (Å²) in [6.45, 7) is 16.0. The number of aliphatic hydroxyl groups is 1. The lowest BCUT2D eigenvalue weighted by molar-refractivity contribution is -0.157. The van der Waals surface area contributed by atoms with Gasteiger partial charge in [0.05, 0.1) is 24.5 Å². The molecule has 0 aliphatic carbocycles. The van der Waals surface area contributed by atoms with Gasteiger partial charge in [-0.2, -0.15) is 0 Å². The highest BCUT2D eigenvalue weighted by Gasteiger charge is 2.64. The second-order valence-corrected chi connectivity index (χ2v) is 23.9. The predicted octanol–water partition coefficient (Wildman–Crippen LogP) is 7.18. The lowest BCUT2D eigenvalue weighted by Crippen LogP contribution is -2.63. The first kappa shape index (κ1) is 70.2. The highest BCUT2D eigenvalue weighted by Crippen LogP contribution is 2.49. The van der Waals surface area contributed by atoms with Crippen molar-refractivity contribution in [2.24, 2.45) is 17.6 Å². The normalized spacial score (nSPS) is 24.6. The molecule has 2 saturated heterocycles. The smallest absolute Gasteiger partial charge is 0.409 e. The average Bonchev–Trinajstić information content (AvgIpc) is 2.54. The molecule has 0 radical (unpaired) electrons. The van der Waals surface area contributed by atoms with Crippen LogP contribution in [0, 0.1) is 17.7 Å². The number of nitrogens with two attached hydrogens (primary N) is 1. The molecule has 2 aromatic rings. The lowest BCUT2D eigenvalue weighted by atomic mass is 9.83. The largest absolute Gasteiger partial charge is 0.495 e. The number of carbonyl (C=O) groups excluding carboxylic acids is 7. The molecule has 9 N–H and O–H groups in total. The molecule has 3 aliphatic heterocycles. The number of amides is 7. The fourth-order valence-electron chi connectivity index (χ4n) is 11.0. The summed E-state index contributed by atoms with van der Waals surface area (Å²) in [4.78, 5) is 96.7. The van der Waals surface area contributed by atoms with E-state index in [1.54, 1.807) is 32.9 Å². The van der Waals surface area contributed by atoms with E-state index in [2.05, 4.69) is 45.7 Å². The fourth-order valence-corrected chi connectivity index (χ4v) is 11.4. The van der Waals surface area contributed by atoms with Crippen LogP contribution in [-0.4, -0.2) is 160 Å². The molecule has 7 amide bonds. The number of rotatable bonds is 26. The summed E-state index contributed by atoms with van der Waals surface area (Å²) in [6.07, 6.45) is 7.57. The number of hydrogen-bond donors (Lipinski definition) is 8. The summed E-state index contributed by atoms with van der Waals surface area (Å²) in [5.74, 6) is -4.89. The third-order valence-electron chi connectivity index (χ3n) is 16.5. The number of anilines is 2. The summed E-state index contributed by atoms with van der Waals surface area (Å²) in [5.41, 5.74) is 4.19. The van der Waals surface area contributed by atoms with Crippen LogP contribution in [0.5, 0.6) is 5.75 Å². The van der Waals surface area contributed by atoms with Crippen molar-refractivity contribution in [1.82, 2.24) is 31.5 Å². The van der Waals surface area contributed by atoms with Crippen LogP contribution in [0.15, 0.2) is 54.1 Å². The van der Waals surface area contributed by atoms with E-state index < -0.39 is 107 Å². The fraction of sp³-hybridized carbons (Fsp3) is 0.629. The summed E-state index contributed by atoms with van der Waals surface area (Å²) in [5, 5.41) is 29.0. The summed E-state index contributed by atoms with van der Waals surface area (Å²) < 4.78 is 46.0. The lowest BCUT2D eigenvalue weighted by Gasteiger charge is -2.42. The minimum atomic E-state index is -1.87. The number of ether oxygens (including phenoxy) is 5. The van der Waals surface area contributed by atoms with Crippen LogP contribution in [0.2, 0.25) is 5.02 Å². The molecule has 1 unspecified atom stereocenters. The van der Waals surface area contributed by atoms with E-state index in [4.69, 9.17) is 41.0 Å². The van der Waals surface area contributed by atoms with E-state index in [1.807, 2.05) is 44.0 Å². The van der Waals surface area contributed by atoms with Gasteiger partial charge in [-0.1, -0.05) is 82.9 Å². The van der Waals surface area contributed by atoms with Crippen LogP contribution in [-0.2, 0) is 44.5 Å². The number of allylic oxidation sites excluding steroid dienone is 3. The summed E-state index contributed by atoms with van der Waals surface area (Å²) >= 11 is 6.93. The minimum Gasteiger partial charge on any atom is -0.495 e. The maximum atomic E-state index is 16.2. The number of epoxide rings is 1. The Hall–Kier alpha value is -6.53. The van der Waals surface area contributed by atoms with Gasteiger partial charge in [0.25, 0.3) is 5.91 Å². The van der Waals surface area contributed by atoms with E-state index in [1.165, 1.54) is 34.3 Å². The Bertz CT molecular complexity index is 2750. The zero-order valence-electron chi connectivity index (χ0n) is 52.1. The number of alkyl carbamates (subject to hydrolysis) is 1. The standard InChI is InChI=1S/C62H93ClFN9O13/c1-13-20-41(14-2)66-28-17-15-16-24-51(74)70-53(36(3)4)56(76)69-45(22-19-29-67-59(65)79)55(75)68-42-25-26-43(44(64)34-42)57(77)73(10)39(7)58(78)85-49-27-30-72(9)46-32-40(33-47(82-11)52(46)63)31-37(5)21-18-23-50(83-12)62(81)35-48(84-60(80)71-62)38(6)54-61(49,8)86-54/h18,21,23,25-26,32-34,36,38-39,41,45,48-50,53-54,66,81H,13-17,19-20,22,24,27-31,35H2,1-12H3,(H,68,75)(H,69,76)(H,70,74)(H,71,80)(H3,65,67,79)/b23-18+,37-21+/t38-,39+,41?,45+,48+,49+,50-,53+,54+,61+,62+/m1/s1. The monoisotopic (exact) mass is 1230 g/mol. The Labute approximate surface area is 510 Å². The molecule has 86 heavy (non-hydrogen) atoms. The van der Waals surface area contributed by atoms with Crippen molar-refractivity contribution < 1.29 is 66.7 Å². The van der Waals surface area contributed by atoms with E-state index in [-0.39, 0.29) is 62.7 Å². The SMILES string of the molecule is CCCC(CC)NCCCCCC(=O)N[C@H](C(=O)N[C@@H](CCCNC(N)=O)C(=O)Nc1ccc(C(=O)N(C)[C@@H](C)C(=O)O[C@H]2CCN(C)c3cc(cc(OC)c3Cl)C/C(C)=C/C=C/[C@@H](OC)[C@@]3(O)C[C@H](OC(=O)N3)[C@@H](C)[C@@H]3O[C@@]23C)c(F)c1)C(C)C. The van der Waals surface area contributed by atoms with Gasteiger partial charge in [-0.3, -0.25) is 24.5 Å². The Morgan fingerprint density at radius 2 is 1.74 bits per heavy atom. The number of primary amides is 1. The molecule has 3 aliphatic rings. The van der Waals surface area contributed by atoms with Gasteiger partial charge in [0.1, 0.15) is 58.6 Å². The average molecular weight is 1230 g/mol. The quantitative estimate of drug-likeness (QED) is 0.0263. The number of methoxy groups -OCH3 is 2. The second-order valence-electron chi connectivity index (χ2n) is 23.5. The van der Waals surface area contributed by atoms with Crippen molar-refractivity contribution in [2.45, 2.75) is 192 Å². The van der Waals surface area contributed by atoms with Gasteiger partial charge in [0.15, 0.2) is 5.72 Å². The molecule has 3 heterocycles. The Morgan fingerprint density at radius 1 is 1.01 bits per heavy atom. The van der Waals surface area contributed by atoms with Crippen molar-refractivity contribution in [2.75, 3.05) is 58.2 Å². The highest BCUT2D eigenvalue weighted by atomic mass is 35.5. The van der Waals surface area contributed by atoms with Crippen LogP contribution in [0.1, 0.15) is 142 Å². The van der Waals surface area contributed by atoms with Gasteiger partial charge >= 0.3 is 18.1 Å². The van der Waals surface area contributed by atoms with Crippen LogP contribution >= 0.6 is 11.6 Å². The number of fused-ring (bicyclic) bond motifs is 5. The summed E-state index contributed by atoms with van der Waals surface area (Å²) in [7, 11) is 6.10. The zero-order valence-corrected chi connectivity index (χ0v) is 52.8. The van der Waals surface area contributed by atoms with Gasteiger partial charge in [-0.15, -0.1) is 0 Å². The highest BCUT2D eigenvalue weighted by molar-refractivity contribution is 6.34. The van der Waals surface area contributed by atoms with Crippen molar-refractivity contribution in [3.8, 4) is 5.75 Å². The Morgan fingerprint density at radius 3 is 2.40 bits per heavy atom. The van der Waals surface area contributed by atoms with Crippen molar-refractivity contribution in [1.29, 1.82) is 0 Å². The van der Waals surface area contributed by atoms with E-state index in [0.29, 0.717) is 35.3 Å². The van der Waals surface area contributed by atoms with Gasteiger partial charge in [0.2, 0.25) is 17.7 Å². The summed E-state index contributed by atoms with van der Waals surface area (Å²) in [6, 6.07) is 3.38. The maximum Gasteiger partial charge on any atom is 0.409 e. The molecule has 24 heteroatoms. The number of likely N-dealkylation sites (N-methyl/N-ethyl adjacent to an activating group) is 1. The number of hydrogen-bond acceptors (Lipinski definition) is 15. The van der Waals surface area contributed by atoms with Crippen LogP contribution in [0.4, 0.5) is 25.4 Å². The third-order valence-corrected chi connectivity index (χ3v) is 16.9. The molecule has 5 rings (SSSR count). The molecule has 0 saturated carbocycles.